The van der Waals surface area contributed by atoms with Gasteiger partial charge in [0.05, 0.1) is 5.70 Å². The lowest BCUT2D eigenvalue weighted by atomic mass is 10.1. The summed E-state index contributed by atoms with van der Waals surface area (Å²) in [6, 6.07) is 8.39. The molecule has 2 heteroatoms. The third-order valence-electron chi connectivity index (χ3n) is 2.40. The van der Waals surface area contributed by atoms with E-state index >= 15 is 0 Å². The SMILES string of the molecule is C1=C[N]C(c2ccc3cc[nH]c3c2)=C1. The molecule has 1 radical (unpaired) electrons. The predicted octanol–water partition coefficient (Wildman–Crippen LogP) is 2.64. The molecule has 1 aromatic carbocycles. The summed E-state index contributed by atoms with van der Waals surface area (Å²) in [5, 5.41) is 5.50. The normalized spacial score (nSPS) is 14.4. The molecule has 1 aliphatic rings. The van der Waals surface area contributed by atoms with E-state index in [1.165, 1.54) is 5.39 Å². The molecule has 0 fully saturated rings. The van der Waals surface area contributed by atoms with Gasteiger partial charge in [0.2, 0.25) is 0 Å². The number of allylic oxidation sites excluding steroid dienone is 2. The molecule has 0 saturated heterocycles. The van der Waals surface area contributed by atoms with Crippen molar-refractivity contribution in [2.75, 3.05) is 0 Å². The highest BCUT2D eigenvalue weighted by molar-refractivity contribution is 5.84. The van der Waals surface area contributed by atoms with E-state index in [0.717, 1.165) is 16.8 Å². The van der Waals surface area contributed by atoms with Crippen LogP contribution in [0.3, 0.4) is 0 Å². The first kappa shape index (κ1) is 7.44. The number of hydrogen-bond donors (Lipinski definition) is 1. The second-order valence-corrected chi connectivity index (χ2v) is 3.30. The molecule has 2 heterocycles. The summed E-state index contributed by atoms with van der Waals surface area (Å²) >= 11 is 0. The number of H-pyrrole nitrogens is 1. The van der Waals surface area contributed by atoms with Gasteiger partial charge in [0, 0.05) is 23.5 Å². The van der Waals surface area contributed by atoms with Crippen molar-refractivity contribution in [2.45, 2.75) is 0 Å². The van der Waals surface area contributed by atoms with E-state index in [2.05, 4.69) is 34.6 Å². The van der Waals surface area contributed by atoms with Crippen LogP contribution >= 0.6 is 0 Å². The molecule has 0 amide bonds. The Balaban J connectivity index is 2.13. The molecule has 0 atom stereocenters. The summed E-state index contributed by atoms with van der Waals surface area (Å²) in [5.74, 6) is 0. The highest BCUT2D eigenvalue weighted by atomic mass is 14.9. The van der Waals surface area contributed by atoms with Crippen molar-refractivity contribution in [3.8, 4) is 0 Å². The molecule has 67 valence electrons. The van der Waals surface area contributed by atoms with E-state index in [-0.39, 0.29) is 0 Å². The Morgan fingerprint density at radius 1 is 1.14 bits per heavy atom. The molecule has 1 aliphatic heterocycles. The summed E-state index contributed by atoms with van der Waals surface area (Å²) in [7, 11) is 0. The van der Waals surface area contributed by atoms with Crippen LogP contribution in [0.15, 0.2) is 48.8 Å². The number of hydrogen-bond acceptors (Lipinski definition) is 0. The third-order valence-corrected chi connectivity index (χ3v) is 2.40. The Hall–Kier alpha value is -1.96. The molecule has 0 bridgehead atoms. The Morgan fingerprint density at radius 3 is 3.00 bits per heavy atom. The van der Waals surface area contributed by atoms with Gasteiger partial charge in [-0.15, -0.1) is 0 Å². The fraction of sp³-hybridized carbons (Fsp3) is 0. The van der Waals surface area contributed by atoms with Gasteiger partial charge in [-0.05, 0) is 29.7 Å². The van der Waals surface area contributed by atoms with Gasteiger partial charge in [-0.2, -0.15) is 0 Å². The molecule has 0 unspecified atom stereocenters. The average Bonchev–Trinajstić information content (AvgIpc) is 2.88. The van der Waals surface area contributed by atoms with E-state index in [9.17, 15) is 0 Å². The molecule has 2 nitrogen and oxygen atoms in total. The lowest BCUT2D eigenvalue weighted by Gasteiger charge is -2.01. The third kappa shape index (κ3) is 1.04. The second-order valence-electron chi connectivity index (χ2n) is 3.30. The summed E-state index contributed by atoms with van der Waals surface area (Å²) < 4.78 is 0. The van der Waals surface area contributed by atoms with Gasteiger partial charge in [-0.1, -0.05) is 12.1 Å². The largest absolute Gasteiger partial charge is 0.361 e. The maximum Gasteiger partial charge on any atom is 0.0703 e. The molecule has 0 aliphatic carbocycles. The van der Waals surface area contributed by atoms with E-state index in [1.807, 2.05) is 24.5 Å². The number of nitrogens with one attached hydrogen (secondary N) is 1. The van der Waals surface area contributed by atoms with Crippen LogP contribution in [-0.4, -0.2) is 4.98 Å². The van der Waals surface area contributed by atoms with Crippen molar-refractivity contribution in [3.63, 3.8) is 0 Å². The Kier molecular flexibility index (Phi) is 1.47. The Labute approximate surface area is 81.9 Å². The van der Waals surface area contributed by atoms with Gasteiger partial charge < -0.3 is 4.98 Å². The summed E-state index contributed by atoms with van der Waals surface area (Å²) in [5.41, 5.74) is 3.34. The van der Waals surface area contributed by atoms with Crippen molar-refractivity contribution >= 4 is 16.6 Å². The highest BCUT2D eigenvalue weighted by Gasteiger charge is 2.04. The van der Waals surface area contributed by atoms with Crippen molar-refractivity contribution < 1.29 is 0 Å². The van der Waals surface area contributed by atoms with Gasteiger partial charge in [0.15, 0.2) is 0 Å². The van der Waals surface area contributed by atoms with Crippen LogP contribution in [-0.2, 0) is 0 Å². The van der Waals surface area contributed by atoms with Crippen LogP contribution in [0.4, 0.5) is 0 Å². The number of fused-ring (bicyclic) bond motifs is 1. The van der Waals surface area contributed by atoms with Gasteiger partial charge in [-0.3, -0.25) is 5.32 Å². The first-order valence-electron chi connectivity index (χ1n) is 4.59. The minimum Gasteiger partial charge on any atom is -0.361 e. The van der Waals surface area contributed by atoms with Crippen LogP contribution < -0.4 is 5.32 Å². The summed E-state index contributed by atoms with van der Waals surface area (Å²) in [6.45, 7) is 0. The maximum atomic E-state index is 4.26. The molecule has 0 saturated carbocycles. The Morgan fingerprint density at radius 2 is 2.14 bits per heavy atom. The zero-order chi connectivity index (χ0) is 9.38. The average molecular weight is 181 g/mol. The van der Waals surface area contributed by atoms with Crippen molar-refractivity contribution in [1.29, 1.82) is 0 Å². The maximum absolute atomic E-state index is 4.26. The van der Waals surface area contributed by atoms with E-state index < -0.39 is 0 Å². The standard InChI is InChI=1S/C12H9N2/c1-2-11(13-6-1)10-4-3-9-5-7-14-12(9)8-10/h1-8,14H. The molecule has 1 aromatic heterocycles. The first-order chi connectivity index (χ1) is 6.93. The van der Waals surface area contributed by atoms with Gasteiger partial charge in [0.25, 0.3) is 0 Å². The van der Waals surface area contributed by atoms with Gasteiger partial charge >= 0.3 is 0 Å². The zero-order valence-corrected chi connectivity index (χ0v) is 7.57. The quantitative estimate of drug-likeness (QED) is 0.701. The highest BCUT2D eigenvalue weighted by Crippen LogP contribution is 2.21. The van der Waals surface area contributed by atoms with E-state index in [0.29, 0.717) is 0 Å². The molecular weight excluding hydrogens is 172 g/mol. The monoisotopic (exact) mass is 181 g/mol. The van der Waals surface area contributed by atoms with Crippen LogP contribution in [0.5, 0.6) is 0 Å². The fourth-order valence-electron chi connectivity index (χ4n) is 1.68. The summed E-state index contributed by atoms with van der Waals surface area (Å²) in [4.78, 5) is 3.19. The molecule has 1 N–H and O–H groups in total. The minimum atomic E-state index is 1.03. The Bertz CT molecular complexity index is 532. The molecular formula is C12H9N2. The van der Waals surface area contributed by atoms with Crippen molar-refractivity contribution in [3.05, 3.63) is 54.4 Å². The predicted molar refractivity (Wildman–Crippen MR) is 57.5 cm³/mol. The molecule has 3 rings (SSSR count). The van der Waals surface area contributed by atoms with Crippen LogP contribution in [0, 0.1) is 0 Å². The molecule has 2 aromatic rings. The van der Waals surface area contributed by atoms with Crippen LogP contribution in [0.2, 0.25) is 0 Å². The van der Waals surface area contributed by atoms with Crippen LogP contribution in [0.25, 0.3) is 16.6 Å². The smallest absolute Gasteiger partial charge is 0.0703 e. The first-order valence-corrected chi connectivity index (χ1v) is 4.59. The van der Waals surface area contributed by atoms with Crippen LogP contribution in [0.1, 0.15) is 5.56 Å². The van der Waals surface area contributed by atoms with Crippen molar-refractivity contribution in [2.24, 2.45) is 0 Å². The number of rotatable bonds is 1. The number of aromatic nitrogens is 1. The van der Waals surface area contributed by atoms with Gasteiger partial charge in [-0.25, -0.2) is 0 Å². The lowest BCUT2D eigenvalue weighted by Crippen LogP contribution is -1.91. The lowest BCUT2D eigenvalue weighted by molar-refractivity contribution is 1.23. The zero-order valence-electron chi connectivity index (χ0n) is 7.57. The van der Waals surface area contributed by atoms with Crippen molar-refractivity contribution in [1.82, 2.24) is 10.3 Å². The minimum absolute atomic E-state index is 1.03. The topological polar surface area (TPSA) is 29.9 Å². The number of benzene rings is 1. The van der Waals surface area contributed by atoms with E-state index in [1.54, 1.807) is 0 Å². The molecule has 14 heavy (non-hydrogen) atoms. The fourth-order valence-corrected chi connectivity index (χ4v) is 1.68. The summed E-state index contributed by atoms with van der Waals surface area (Å²) in [6.07, 6.45) is 7.74. The molecule has 0 spiro atoms. The number of nitrogens with zero attached hydrogens (tertiary/aromatic N) is 1. The second kappa shape index (κ2) is 2.77. The van der Waals surface area contributed by atoms with E-state index in [4.69, 9.17) is 0 Å². The van der Waals surface area contributed by atoms with Gasteiger partial charge in [0.1, 0.15) is 0 Å². The number of aromatic amines is 1.